The van der Waals surface area contributed by atoms with Gasteiger partial charge in [-0.25, -0.2) is 9.31 Å². The molecule has 174 valence electrons. The molecule has 0 spiro atoms. The van der Waals surface area contributed by atoms with Crippen molar-refractivity contribution in [3.63, 3.8) is 0 Å². The average Bonchev–Trinajstić information content (AvgIpc) is 3.25. The number of methoxy groups -OCH3 is 1. The molecule has 3 heterocycles. The number of carbonyl (C=O) groups excluding carboxylic acids is 2. The van der Waals surface area contributed by atoms with E-state index in [0.29, 0.717) is 5.56 Å². The summed E-state index contributed by atoms with van der Waals surface area (Å²) < 4.78 is 6.46. The normalized spacial score (nSPS) is 18.2. The number of anilines is 1. The summed E-state index contributed by atoms with van der Waals surface area (Å²) in [4.78, 5) is 28.9. The van der Waals surface area contributed by atoms with Crippen molar-refractivity contribution < 1.29 is 14.3 Å². The van der Waals surface area contributed by atoms with Crippen LogP contribution in [0.3, 0.4) is 0 Å². The maximum absolute atomic E-state index is 13.2. The topological polar surface area (TPSA) is 110 Å². The van der Waals surface area contributed by atoms with Crippen LogP contribution in [-0.4, -0.2) is 51.8 Å². The standard InChI is InChI=1S/C24H30N6O3/c1-15(2)27-22-20(23(31)28-18-6-8-19(9-7-18)29-24(32)33-3)13-26-30-14-17(11-21(22)30)16-5-4-10-25-12-16/h4-5,10-15,18-19,27H,6-9H2,1-3H3,(H,28,31)(H,29,32)/t18-,19-. The minimum Gasteiger partial charge on any atom is -0.453 e. The van der Waals surface area contributed by atoms with Crippen LogP contribution < -0.4 is 16.0 Å². The molecule has 1 aliphatic carbocycles. The van der Waals surface area contributed by atoms with Gasteiger partial charge in [-0.1, -0.05) is 6.07 Å². The monoisotopic (exact) mass is 450 g/mol. The van der Waals surface area contributed by atoms with Crippen LogP contribution >= 0.6 is 0 Å². The van der Waals surface area contributed by atoms with Gasteiger partial charge >= 0.3 is 6.09 Å². The molecule has 2 amide bonds. The van der Waals surface area contributed by atoms with Crippen molar-refractivity contribution in [3.05, 3.63) is 48.5 Å². The summed E-state index contributed by atoms with van der Waals surface area (Å²) in [5, 5.41) is 13.9. The Balaban J connectivity index is 1.54. The predicted octanol–water partition coefficient (Wildman–Crippen LogP) is 3.61. The maximum Gasteiger partial charge on any atom is 0.407 e. The van der Waals surface area contributed by atoms with E-state index >= 15 is 0 Å². The van der Waals surface area contributed by atoms with Crippen LogP contribution in [0.5, 0.6) is 0 Å². The van der Waals surface area contributed by atoms with Crippen LogP contribution in [0.2, 0.25) is 0 Å². The van der Waals surface area contributed by atoms with E-state index in [-0.39, 0.29) is 24.0 Å². The smallest absolute Gasteiger partial charge is 0.407 e. The first-order chi connectivity index (χ1) is 15.9. The molecule has 33 heavy (non-hydrogen) atoms. The third-order valence-electron chi connectivity index (χ3n) is 5.88. The number of hydrogen-bond donors (Lipinski definition) is 3. The van der Waals surface area contributed by atoms with E-state index in [0.717, 1.165) is 48.0 Å². The van der Waals surface area contributed by atoms with Crippen LogP contribution in [0.4, 0.5) is 10.5 Å². The van der Waals surface area contributed by atoms with Gasteiger partial charge in [-0.3, -0.25) is 9.78 Å². The van der Waals surface area contributed by atoms with Gasteiger partial charge in [0.1, 0.15) is 0 Å². The summed E-state index contributed by atoms with van der Waals surface area (Å²) in [5.74, 6) is -0.151. The third-order valence-corrected chi connectivity index (χ3v) is 5.88. The van der Waals surface area contributed by atoms with Gasteiger partial charge < -0.3 is 20.7 Å². The molecular formula is C24H30N6O3. The summed E-state index contributed by atoms with van der Waals surface area (Å²) in [6.45, 7) is 4.08. The molecule has 3 N–H and O–H groups in total. The summed E-state index contributed by atoms with van der Waals surface area (Å²) in [6, 6.07) is 6.18. The zero-order chi connectivity index (χ0) is 23.4. The van der Waals surface area contributed by atoms with Gasteiger partial charge in [-0.2, -0.15) is 5.10 Å². The van der Waals surface area contributed by atoms with Gasteiger partial charge in [-0.05, 0) is 51.7 Å². The van der Waals surface area contributed by atoms with Crippen molar-refractivity contribution in [3.8, 4) is 11.1 Å². The number of nitrogens with one attached hydrogen (secondary N) is 3. The van der Waals surface area contributed by atoms with Crippen LogP contribution in [0.1, 0.15) is 49.9 Å². The predicted molar refractivity (Wildman–Crippen MR) is 126 cm³/mol. The fraction of sp³-hybridized carbons (Fsp3) is 0.417. The molecule has 0 atom stereocenters. The van der Waals surface area contributed by atoms with E-state index < -0.39 is 6.09 Å². The van der Waals surface area contributed by atoms with Gasteiger partial charge in [-0.15, -0.1) is 0 Å². The number of amides is 2. The van der Waals surface area contributed by atoms with E-state index in [1.54, 1.807) is 16.9 Å². The fourth-order valence-electron chi connectivity index (χ4n) is 4.23. The Morgan fingerprint density at radius 2 is 1.82 bits per heavy atom. The molecule has 3 aromatic rings. The van der Waals surface area contributed by atoms with E-state index in [1.165, 1.54) is 7.11 Å². The molecule has 0 aliphatic heterocycles. The highest BCUT2D eigenvalue weighted by Crippen LogP contribution is 2.29. The van der Waals surface area contributed by atoms with Gasteiger partial charge in [0, 0.05) is 47.8 Å². The van der Waals surface area contributed by atoms with Gasteiger partial charge in [0.05, 0.1) is 30.1 Å². The highest BCUT2D eigenvalue weighted by molar-refractivity contribution is 6.03. The Morgan fingerprint density at radius 3 is 2.45 bits per heavy atom. The summed E-state index contributed by atoms with van der Waals surface area (Å²) >= 11 is 0. The van der Waals surface area contributed by atoms with Crippen LogP contribution in [0, 0.1) is 0 Å². The molecule has 0 saturated heterocycles. The second-order valence-corrected chi connectivity index (χ2v) is 8.69. The molecule has 9 nitrogen and oxygen atoms in total. The minimum absolute atomic E-state index is 0.0501. The minimum atomic E-state index is -0.413. The Bertz CT molecular complexity index is 1120. The molecular weight excluding hydrogens is 420 g/mol. The van der Waals surface area contributed by atoms with Gasteiger partial charge in [0.2, 0.25) is 0 Å². The molecule has 1 aliphatic rings. The number of fused-ring (bicyclic) bond motifs is 1. The number of alkyl carbamates (subject to hydrolysis) is 1. The first-order valence-corrected chi connectivity index (χ1v) is 11.3. The number of hydrogen-bond acceptors (Lipinski definition) is 6. The molecule has 9 heteroatoms. The lowest BCUT2D eigenvalue weighted by molar-refractivity contribution is 0.0923. The number of carbonyl (C=O) groups is 2. The van der Waals surface area contributed by atoms with Crippen molar-refractivity contribution >= 4 is 23.2 Å². The summed E-state index contributed by atoms with van der Waals surface area (Å²) in [6.07, 6.45) is 9.86. The van der Waals surface area contributed by atoms with E-state index in [2.05, 4.69) is 30.8 Å². The van der Waals surface area contributed by atoms with Crippen LogP contribution in [0.25, 0.3) is 16.6 Å². The highest BCUT2D eigenvalue weighted by Gasteiger charge is 2.26. The SMILES string of the molecule is COC(=O)N[C@H]1CC[C@H](NC(=O)c2cnn3cc(-c4cccnc4)cc3c2NC(C)C)CC1. The van der Waals surface area contributed by atoms with Gasteiger partial charge in [0.25, 0.3) is 5.91 Å². The van der Waals surface area contributed by atoms with Gasteiger partial charge in [0.15, 0.2) is 0 Å². The second kappa shape index (κ2) is 9.89. The Morgan fingerprint density at radius 1 is 1.09 bits per heavy atom. The highest BCUT2D eigenvalue weighted by atomic mass is 16.5. The van der Waals surface area contributed by atoms with E-state index in [9.17, 15) is 9.59 Å². The van der Waals surface area contributed by atoms with Crippen molar-refractivity contribution in [2.45, 2.75) is 57.7 Å². The summed E-state index contributed by atoms with van der Waals surface area (Å²) in [5.41, 5.74) is 4.08. The molecule has 3 aromatic heterocycles. The lowest BCUT2D eigenvalue weighted by Crippen LogP contribution is -2.44. The quantitative estimate of drug-likeness (QED) is 0.529. The van der Waals surface area contributed by atoms with Crippen LogP contribution in [0.15, 0.2) is 43.0 Å². The average molecular weight is 451 g/mol. The maximum atomic E-state index is 13.2. The largest absolute Gasteiger partial charge is 0.453 e. The lowest BCUT2D eigenvalue weighted by atomic mass is 9.91. The molecule has 1 fully saturated rings. The van der Waals surface area contributed by atoms with E-state index in [1.807, 2.05) is 44.4 Å². The Kier molecular flexibility index (Phi) is 6.76. The van der Waals surface area contributed by atoms with Crippen molar-refractivity contribution in [2.24, 2.45) is 0 Å². The van der Waals surface area contributed by atoms with Crippen LogP contribution in [-0.2, 0) is 4.74 Å². The zero-order valence-electron chi connectivity index (χ0n) is 19.2. The molecule has 1 saturated carbocycles. The zero-order valence-corrected chi connectivity index (χ0v) is 19.2. The number of nitrogens with zero attached hydrogens (tertiary/aromatic N) is 3. The first kappa shape index (κ1) is 22.6. The molecule has 0 bridgehead atoms. The number of pyridine rings is 1. The van der Waals surface area contributed by atoms with Crippen molar-refractivity contribution in [1.82, 2.24) is 25.2 Å². The second-order valence-electron chi connectivity index (χ2n) is 8.69. The summed E-state index contributed by atoms with van der Waals surface area (Å²) in [7, 11) is 1.36. The molecule has 0 aromatic carbocycles. The molecule has 0 radical (unpaired) electrons. The van der Waals surface area contributed by atoms with E-state index in [4.69, 9.17) is 0 Å². The van der Waals surface area contributed by atoms with Crippen molar-refractivity contribution in [2.75, 3.05) is 12.4 Å². The number of aromatic nitrogens is 3. The number of rotatable bonds is 6. The van der Waals surface area contributed by atoms with Crippen molar-refractivity contribution in [1.29, 1.82) is 0 Å². The molecule has 0 unspecified atom stereocenters. The fourth-order valence-corrected chi connectivity index (χ4v) is 4.23. The number of ether oxygens (including phenoxy) is 1. The first-order valence-electron chi connectivity index (χ1n) is 11.3. The lowest BCUT2D eigenvalue weighted by Gasteiger charge is -2.29. The molecule has 4 rings (SSSR count). The Hall–Kier alpha value is -3.62. The Labute approximate surface area is 192 Å². The third kappa shape index (κ3) is 5.24.